The molecule has 1 N–H and O–H groups in total. The predicted octanol–water partition coefficient (Wildman–Crippen LogP) is 4.02. The number of halogens is 1. The molecule has 4 rings (SSSR count). The van der Waals surface area contributed by atoms with Gasteiger partial charge in [0.05, 0.1) is 5.69 Å². The highest BCUT2D eigenvalue weighted by Gasteiger charge is 2.30. The largest absolute Gasteiger partial charge is 0.506 e. The van der Waals surface area contributed by atoms with Gasteiger partial charge in [-0.05, 0) is 42.2 Å². The summed E-state index contributed by atoms with van der Waals surface area (Å²) in [7, 11) is 0. The highest BCUT2D eigenvalue weighted by Crippen LogP contribution is 2.25. The third-order valence-electron chi connectivity index (χ3n) is 5.01. The van der Waals surface area contributed by atoms with Gasteiger partial charge in [-0.25, -0.2) is 9.18 Å². The number of carbonyl (C=O) groups is 1. The standard InChI is InChI=1S/C22H23FN4O4/c1-13(2)7-14-3-4-15(8-19(14)23)21-25-20(26-31-21)16-5-6-17(24-9-16)10-27-11-18(12-27)30-22(28)29/h3-6,8-9,13,18H,7,10-12H2,1-2H3,(H,28,29). The highest BCUT2D eigenvalue weighted by atomic mass is 19.1. The first-order valence-electron chi connectivity index (χ1n) is 10.1. The fourth-order valence-electron chi connectivity index (χ4n) is 3.49. The summed E-state index contributed by atoms with van der Waals surface area (Å²) in [6, 6.07) is 8.66. The molecule has 0 saturated carbocycles. The molecule has 9 heteroatoms. The van der Waals surface area contributed by atoms with E-state index in [9.17, 15) is 9.18 Å². The topological polar surface area (TPSA) is 102 Å². The summed E-state index contributed by atoms with van der Waals surface area (Å²) < 4.78 is 24.4. The molecule has 0 unspecified atom stereocenters. The molecule has 3 heterocycles. The van der Waals surface area contributed by atoms with Crippen molar-refractivity contribution in [1.82, 2.24) is 20.0 Å². The van der Waals surface area contributed by atoms with Crippen molar-refractivity contribution in [2.75, 3.05) is 13.1 Å². The summed E-state index contributed by atoms with van der Waals surface area (Å²) in [6.07, 6.45) is 0.796. The number of hydrogen-bond acceptors (Lipinski definition) is 7. The second-order valence-corrected chi connectivity index (χ2v) is 8.07. The molecule has 0 spiro atoms. The van der Waals surface area contributed by atoms with E-state index < -0.39 is 6.16 Å². The van der Waals surface area contributed by atoms with Crippen LogP contribution < -0.4 is 0 Å². The fraction of sp³-hybridized carbons (Fsp3) is 0.364. The van der Waals surface area contributed by atoms with Crippen LogP contribution in [0.3, 0.4) is 0 Å². The van der Waals surface area contributed by atoms with Crippen molar-refractivity contribution in [3.63, 3.8) is 0 Å². The SMILES string of the molecule is CC(C)Cc1ccc(-c2nc(-c3ccc(CN4CC(OC(=O)O)C4)nc3)no2)cc1F. The van der Waals surface area contributed by atoms with E-state index in [1.807, 2.05) is 30.9 Å². The summed E-state index contributed by atoms with van der Waals surface area (Å²) in [5.41, 5.74) is 2.72. The molecule has 0 bridgehead atoms. The van der Waals surface area contributed by atoms with Crippen molar-refractivity contribution >= 4 is 6.16 Å². The second-order valence-electron chi connectivity index (χ2n) is 8.07. The van der Waals surface area contributed by atoms with Gasteiger partial charge in [-0.1, -0.05) is 25.1 Å². The van der Waals surface area contributed by atoms with Crippen molar-refractivity contribution in [1.29, 1.82) is 0 Å². The minimum absolute atomic E-state index is 0.249. The molecule has 1 aliphatic heterocycles. The van der Waals surface area contributed by atoms with Crippen LogP contribution in [0.5, 0.6) is 0 Å². The van der Waals surface area contributed by atoms with E-state index in [-0.39, 0.29) is 17.8 Å². The van der Waals surface area contributed by atoms with Crippen LogP contribution in [-0.2, 0) is 17.7 Å². The molecule has 1 fully saturated rings. The molecular formula is C22H23FN4O4. The van der Waals surface area contributed by atoms with E-state index in [0.29, 0.717) is 54.5 Å². The molecule has 2 aromatic heterocycles. The summed E-state index contributed by atoms with van der Waals surface area (Å²) in [5.74, 6) is 0.712. The second kappa shape index (κ2) is 8.81. The lowest BCUT2D eigenvalue weighted by atomic mass is 10.0. The van der Waals surface area contributed by atoms with Crippen molar-refractivity contribution in [2.24, 2.45) is 5.92 Å². The number of nitrogens with zero attached hydrogens (tertiary/aromatic N) is 4. The first-order valence-corrected chi connectivity index (χ1v) is 10.1. The lowest BCUT2D eigenvalue weighted by Crippen LogP contribution is -2.52. The van der Waals surface area contributed by atoms with Gasteiger partial charge in [-0.15, -0.1) is 0 Å². The van der Waals surface area contributed by atoms with Gasteiger partial charge >= 0.3 is 6.16 Å². The first-order chi connectivity index (χ1) is 14.9. The zero-order valence-corrected chi connectivity index (χ0v) is 17.3. The molecule has 0 amide bonds. The number of carboxylic acid groups (broad SMARTS) is 1. The lowest BCUT2D eigenvalue weighted by molar-refractivity contribution is -0.0367. The normalized spacial score (nSPS) is 14.6. The number of pyridine rings is 1. The van der Waals surface area contributed by atoms with Crippen LogP contribution in [0, 0.1) is 11.7 Å². The summed E-state index contributed by atoms with van der Waals surface area (Å²) >= 11 is 0. The van der Waals surface area contributed by atoms with Crippen LogP contribution >= 0.6 is 0 Å². The molecule has 0 radical (unpaired) electrons. The number of aromatic nitrogens is 3. The van der Waals surface area contributed by atoms with Gasteiger partial charge in [0.15, 0.2) is 0 Å². The Balaban J connectivity index is 1.39. The summed E-state index contributed by atoms with van der Waals surface area (Å²) in [5, 5.41) is 12.6. The van der Waals surface area contributed by atoms with Gasteiger partial charge in [0.25, 0.3) is 5.89 Å². The zero-order chi connectivity index (χ0) is 22.0. The molecule has 162 valence electrons. The average Bonchev–Trinajstić information content (AvgIpc) is 3.18. The maximum atomic E-state index is 14.4. The zero-order valence-electron chi connectivity index (χ0n) is 17.3. The van der Waals surface area contributed by atoms with Crippen LogP contribution in [0.1, 0.15) is 25.1 Å². The Hall–Kier alpha value is -3.33. The molecule has 0 atom stereocenters. The quantitative estimate of drug-likeness (QED) is 0.566. The Bertz CT molecular complexity index is 1060. The third-order valence-corrected chi connectivity index (χ3v) is 5.01. The van der Waals surface area contributed by atoms with E-state index in [2.05, 4.69) is 15.1 Å². The van der Waals surface area contributed by atoms with Crippen LogP contribution in [0.15, 0.2) is 41.1 Å². The Labute approximate surface area is 178 Å². The van der Waals surface area contributed by atoms with Crippen molar-refractivity contribution in [3.05, 3.63) is 53.6 Å². The molecule has 8 nitrogen and oxygen atoms in total. The number of hydrogen-bond donors (Lipinski definition) is 1. The van der Waals surface area contributed by atoms with Gasteiger partial charge < -0.3 is 14.4 Å². The van der Waals surface area contributed by atoms with Gasteiger partial charge in [-0.3, -0.25) is 9.88 Å². The average molecular weight is 426 g/mol. The Kier molecular flexibility index (Phi) is 5.94. The highest BCUT2D eigenvalue weighted by molar-refractivity contribution is 5.59. The van der Waals surface area contributed by atoms with Crippen molar-refractivity contribution in [3.8, 4) is 22.8 Å². The first kappa shape index (κ1) is 20.9. The maximum absolute atomic E-state index is 14.4. The molecule has 1 aromatic carbocycles. The third kappa shape index (κ3) is 5.05. The fourth-order valence-corrected chi connectivity index (χ4v) is 3.49. The number of rotatable bonds is 7. The predicted molar refractivity (Wildman–Crippen MR) is 110 cm³/mol. The molecular weight excluding hydrogens is 403 g/mol. The van der Waals surface area contributed by atoms with Crippen LogP contribution in [0.2, 0.25) is 0 Å². The van der Waals surface area contributed by atoms with E-state index in [1.54, 1.807) is 18.3 Å². The maximum Gasteiger partial charge on any atom is 0.506 e. The minimum atomic E-state index is -1.25. The lowest BCUT2D eigenvalue weighted by Gasteiger charge is -2.37. The van der Waals surface area contributed by atoms with Gasteiger partial charge in [-0.2, -0.15) is 4.98 Å². The minimum Gasteiger partial charge on any atom is -0.450 e. The van der Waals surface area contributed by atoms with E-state index in [4.69, 9.17) is 14.4 Å². The van der Waals surface area contributed by atoms with E-state index >= 15 is 0 Å². The number of ether oxygens (including phenoxy) is 1. The van der Waals surface area contributed by atoms with Crippen LogP contribution in [0.4, 0.5) is 9.18 Å². The van der Waals surface area contributed by atoms with Gasteiger partial charge in [0, 0.05) is 37.0 Å². The van der Waals surface area contributed by atoms with Gasteiger partial charge in [0.2, 0.25) is 5.82 Å². The Morgan fingerprint density at radius 3 is 2.71 bits per heavy atom. The van der Waals surface area contributed by atoms with Crippen molar-refractivity contribution in [2.45, 2.75) is 32.9 Å². The van der Waals surface area contributed by atoms with Crippen molar-refractivity contribution < 1.29 is 23.6 Å². The molecule has 0 aliphatic carbocycles. The van der Waals surface area contributed by atoms with E-state index in [1.165, 1.54) is 6.07 Å². The van der Waals surface area contributed by atoms with Crippen LogP contribution in [0.25, 0.3) is 22.8 Å². The number of benzene rings is 1. The summed E-state index contributed by atoms with van der Waals surface area (Å²) in [6.45, 7) is 5.79. The molecule has 1 aliphatic rings. The smallest absolute Gasteiger partial charge is 0.450 e. The van der Waals surface area contributed by atoms with E-state index in [0.717, 1.165) is 5.69 Å². The van der Waals surface area contributed by atoms with Crippen LogP contribution in [-0.4, -0.2) is 50.5 Å². The Morgan fingerprint density at radius 1 is 1.29 bits per heavy atom. The summed E-state index contributed by atoms with van der Waals surface area (Å²) in [4.78, 5) is 21.3. The molecule has 1 saturated heterocycles. The van der Waals surface area contributed by atoms with Gasteiger partial charge in [0.1, 0.15) is 11.9 Å². The molecule has 3 aromatic rings. The number of likely N-dealkylation sites (tertiary alicyclic amines) is 1. The monoisotopic (exact) mass is 426 g/mol. The molecule has 31 heavy (non-hydrogen) atoms. The Morgan fingerprint density at radius 2 is 2.06 bits per heavy atom.